The van der Waals surface area contributed by atoms with Crippen LogP contribution in [-0.4, -0.2) is 44.0 Å². The highest BCUT2D eigenvalue weighted by Crippen LogP contribution is 2.17. The Labute approximate surface area is 108 Å². The second kappa shape index (κ2) is 5.87. The number of rotatable bonds is 3. The molecular weight excluding hydrogens is 226 g/mol. The lowest BCUT2D eigenvalue weighted by molar-refractivity contribution is 0.0963. The van der Waals surface area contributed by atoms with Crippen LogP contribution in [0.25, 0.3) is 0 Å². The highest BCUT2D eigenvalue weighted by atomic mass is 16.1. The monoisotopic (exact) mass is 247 g/mol. The van der Waals surface area contributed by atoms with Crippen molar-refractivity contribution >= 4 is 11.6 Å². The number of piperidine rings is 1. The molecular formula is C14H21N3O. The van der Waals surface area contributed by atoms with Crippen LogP contribution in [0.1, 0.15) is 23.2 Å². The quantitative estimate of drug-likeness (QED) is 0.852. The molecule has 4 nitrogen and oxygen atoms in total. The van der Waals surface area contributed by atoms with Gasteiger partial charge in [-0.3, -0.25) is 4.79 Å². The number of nitrogens with zero attached hydrogens (tertiary/aromatic N) is 1. The fourth-order valence-electron chi connectivity index (χ4n) is 2.28. The molecule has 0 saturated carbocycles. The lowest BCUT2D eigenvalue weighted by Gasteiger charge is -2.30. The van der Waals surface area contributed by atoms with Crippen LogP contribution < -0.4 is 10.6 Å². The van der Waals surface area contributed by atoms with Gasteiger partial charge in [0.15, 0.2) is 0 Å². The summed E-state index contributed by atoms with van der Waals surface area (Å²) in [4.78, 5) is 13.9. The van der Waals surface area contributed by atoms with E-state index in [1.807, 2.05) is 24.3 Å². The molecule has 18 heavy (non-hydrogen) atoms. The van der Waals surface area contributed by atoms with Crippen molar-refractivity contribution in [3.63, 3.8) is 0 Å². The van der Waals surface area contributed by atoms with Crippen molar-refractivity contribution in [2.24, 2.45) is 0 Å². The fraction of sp³-hybridized carbons (Fsp3) is 0.500. The smallest absolute Gasteiger partial charge is 0.251 e. The van der Waals surface area contributed by atoms with E-state index in [0.717, 1.165) is 31.6 Å². The van der Waals surface area contributed by atoms with E-state index in [1.165, 1.54) is 0 Å². The van der Waals surface area contributed by atoms with E-state index in [4.69, 9.17) is 0 Å². The van der Waals surface area contributed by atoms with Gasteiger partial charge in [-0.25, -0.2) is 0 Å². The van der Waals surface area contributed by atoms with Crippen molar-refractivity contribution in [2.75, 3.05) is 32.5 Å². The van der Waals surface area contributed by atoms with E-state index >= 15 is 0 Å². The topological polar surface area (TPSA) is 44.4 Å². The standard InChI is InChI=1S/C14H21N3O/c1-15-14(18)11-4-3-5-13(10-11)16-12-6-8-17(2)9-7-12/h3-5,10,12,16H,6-9H2,1-2H3,(H,15,18). The molecule has 0 spiro atoms. The minimum Gasteiger partial charge on any atom is -0.382 e. The maximum Gasteiger partial charge on any atom is 0.251 e. The number of carbonyl (C=O) groups is 1. The van der Waals surface area contributed by atoms with Gasteiger partial charge < -0.3 is 15.5 Å². The molecule has 98 valence electrons. The largest absolute Gasteiger partial charge is 0.382 e. The van der Waals surface area contributed by atoms with Crippen LogP contribution in [0.2, 0.25) is 0 Å². The normalized spacial score (nSPS) is 17.4. The number of amides is 1. The second-order valence-corrected chi connectivity index (χ2v) is 4.88. The maximum absolute atomic E-state index is 11.6. The molecule has 0 unspecified atom stereocenters. The third-order valence-corrected chi connectivity index (χ3v) is 3.44. The Morgan fingerprint density at radius 2 is 2.06 bits per heavy atom. The summed E-state index contributed by atoms with van der Waals surface area (Å²) in [6.07, 6.45) is 2.31. The first-order valence-electron chi connectivity index (χ1n) is 6.46. The Morgan fingerprint density at radius 3 is 2.72 bits per heavy atom. The molecule has 2 N–H and O–H groups in total. The molecule has 1 aliphatic heterocycles. The zero-order valence-corrected chi connectivity index (χ0v) is 11.1. The van der Waals surface area contributed by atoms with Gasteiger partial charge in [0.25, 0.3) is 5.91 Å². The molecule has 1 amide bonds. The van der Waals surface area contributed by atoms with Crippen LogP contribution in [0.5, 0.6) is 0 Å². The van der Waals surface area contributed by atoms with Crippen LogP contribution in [0, 0.1) is 0 Å². The molecule has 1 saturated heterocycles. The Bertz CT molecular complexity index is 411. The number of nitrogens with one attached hydrogen (secondary N) is 2. The lowest BCUT2D eigenvalue weighted by atomic mass is 10.0. The first-order chi connectivity index (χ1) is 8.69. The van der Waals surface area contributed by atoms with Crippen molar-refractivity contribution in [2.45, 2.75) is 18.9 Å². The fourth-order valence-corrected chi connectivity index (χ4v) is 2.28. The molecule has 0 bridgehead atoms. The average molecular weight is 247 g/mol. The summed E-state index contributed by atoms with van der Waals surface area (Å²) >= 11 is 0. The molecule has 4 heteroatoms. The van der Waals surface area contributed by atoms with Gasteiger partial charge in [0, 0.05) is 24.3 Å². The Balaban J connectivity index is 1.99. The third kappa shape index (κ3) is 3.23. The Morgan fingerprint density at radius 1 is 1.33 bits per heavy atom. The minimum absolute atomic E-state index is 0.0398. The van der Waals surface area contributed by atoms with Crippen LogP contribution >= 0.6 is 0 Å². The predicted molar refractivity (Wildman–Crippen MR) is 74.0 cm³/mol. The van der Waals surface area contributed by atoms with Crippen molar-refractivity contribution in [3.05, 3.63) is 29.8 Å². The van der Waals surface area contributed by atoms with Crippen LogP contribution in [-0.2, 0) is 0 Å². The van der Waals surface area contributed by atoms with Crippen molar-refractivity contribution in [3.8, 4) is 0 Å². The lowest BCUT2D eigenvalue weighted by Crippen LogP contribution is -2.36. The minimum atomic E-state index is -0.0398. The molecule has 0 aliphatic carbocycles. The number of hydrogen-bond donors (Lipinski definition) is 2. The van der Waals surface area contributed by atoms with Gasteiger partial charge in [-0.2, -0.15) is 0 Å². The van der Waals surface area contributed by atoms with Gasteiger partial charge >= 0.3 is 0 Å². The summed E-state index contributed by atoms with van der Waals surface area (Å²) < 4.78 is 0. The summed E-state index contributed by atoms with van der Waals surface area (Å²) in [5.41, 5.74) is 1.74. The molecule has 1 aliphatic rings. The number of hydrogen-bond acceptors (Lipinski definition) is 3. The van der Waals surface area contributed by atoms with Crippen LogP contribution in [0.15, 0.2) is 24.3 Å². The van der Waals surface area contributed by atoms with E-state index in [0.29, 0.717) is 11.6 Å². The van der Waals surface area contributed by atoms with E-state index < -0.39 is 0 Å². The van der Waals surface area contributed by atoms with Crippen LogP contribution in [0.3, 0.4) is 0 Å². The molecule has 1 fully saturated rings. The molecule has 1 aromatic carbocycles. The predicted octanol–water partition coefficient (Wildman–Crippen LogP) is 1.55. The Kier molecular flexibility index (Phi) is 4.20. The summed E-state index contributed by atoms with van der Waals surface area (Å²) in [6.45, 7) is 2.26. The number of benzene rings is 1. The molecule has 1 aromatic rings. The SMILES string of the molecule is CNC(=O)c1cccc(NC2CCN(C)CC2)c1. The van der Waals surface area contributed by atoms with Gasteiger partial charge in [-0.15, -0.1) is 0 Å². The summed E-state index contributed by atoms with van der Waals surface area (Å²) in [5, 5.41) is 6.16. The van der Waals surface area contributed by atoms with Crippen molar-refractivity contribution in [1.29, 1.82) is 0 Å². The molecule has 0 aromatic heterocycles. The molecule has 0 atom stereocenters. The second-order valence-electron chi connectivity index (χ2n) is 4.88. The first kappa shape index (κ1) is 12.9. The van der Waals surface area contributed by atoms with Crippen molar-refractivity contribution in [1.82, 2.24) is 10.2 Å². The van der Waals surface area contributed by atoms with Gasteiger partial charge in [-0.05, 0) is 51.2 Å². The highest BCUT2D eigenvalue weighted by molar-refractivity contribution is 5.94. The van der Waals surface area contributed by atoms with E-state index in [-0.39, 0.29) is 5.91 Å². The summed E-state index contributed by atoms with van der Waals surface area (Å²) in [6, 6.07) is 8.20. The zero-order chi connectivity index (χ0) is 13.0. The van der Waals surface area contributed by atoms with Crippen LogP contribution in [0.4, 0.5) is 5.69 Å². The Hall–Kier alpha value is -1.55. The number of likely N-dealkylation sites (tertiary alicyclic amines) is 1. The zero-order valence-electron chi connectivity index (χ0n) is 11.1. The van der Waals surface area contributed by atoms with Gasteiger partial charge in [-0.1, -0.05) is 6.07 Å². The molecule has 0 radical (unpaired) electrons. The number of carbonyl (C=O) groups excluding carboxylic acids is 1. The highest BCUT2D eigenvalue weighted by Gasteiger charge is 2.16. The van der Waals surface area contributed by atoms with E-state index in [1.54, 1.807) is 7.05 Å². The third-order valence-electron chi connectivity index (χ3n) is 3.44. The van der Waals surface area contributed by atoms with Crippen molar-refractivity contribution < 1.29 is 4.79 Å². The average Bonchev–Trinajstić information content (AvgIpc) is 2.41. The summed E-state index contributed by atoms with van der Waals surface area (Å²) in [7, 11) is 3.81. The first-order valence-corrected chi connectivity index (χ1v) is 6.46. The van der Waals surface area contributed by atoms with Gasteiger partial charge in [0.2, 0.25) is 0 Å². The van der Waals surface area contributed by atoms with Gasteiger partial charge in [0.05, 0.1) is 0 Å². The van der Waals surface area contributed by atoms with Gasteiger partial charge in [0.1, 0.15) is 0 Å². The molecule has 1 heterocycles. The van der Waals surface area contributed by atoms with E-state index in [9.17, 15) is 4.79 Å². The number of anilines is 1. The summed E-state index contributed by atoms with van der Waals surface area (Å²) in [5.74, 6) is -0.0398. The molecule has 2 rings (SSSR count). The van der Waals surface area contributed by atoms with E-state index in [2.05, 4.69) is 22.6 Å². The maximum atomic E-state index is 11.6.